The molecule has 150 valence electrons. The number of nitrogens with two attached hydrogens (primary N) is 1. The third-order valence-corrected chi connectivity index (χ3v) is 4.73. The summed E-state index contributed by atoms with van der Waals surface area (Å²) in [6.07, 6.45) is 1.25. The highest BCUT2D eigenvalue weighted by Gasteiger charge is 2.11. The number of anilines is 1. The molecular weight excluding hydrogens is 376 g/mol. The van der Waals surface area contributed by atoms with E-state index >= 15 is 0 Å². The number of nitrogens with one attached hydrogen (secondary N) is 1. The monoisotopic (exact) mass is 402 g/mol. The van der Waals surface area contributed by atoms with E-state index in [1.165, 1.54) is 10.4 Å². The summed E-state index contributed by atoms with van der Waals surface area (Å²) in [7, 11) is 0. The van der Waals surface area contributed by atoms with Crippen molar-refractivity contribution >= 4 is 33.3 Å². The molecule has 0 radical (unpaired) electrons. The second kappa shape index (κ2) is 11.3. The minimum absolute atomic E-state index is 0.0972. The van der Waals surface area contributed by atoms with Gasteiger partial charge in [-0.15, -0.1) is 11.3 Å². The van der Waals surface area contributed by atoms with Gasteiger partial charge in [-0.25, -0.2) is 9.97 Å². The molecule has 0 fully saturated rings. The summed E-state index contributed by atoms with van der Waals surface area (Å²) in [4.78, 5) is 22.0. The van der Waals surface area contributed by atoms with Crippen molar-refractivity contribution in [1.29, 1.82) is 0 Å². The van der Waals surface area contributed by atoms with E-state index in [0.29, 0.717) is 31.8 Å². The van der Waals surface area contributed by atoms with Gasteiger partial charge in [0.25, 0.3) is 0 Å². The molecule has 7 nitrogen and oxygen atoms in total. The van der Waals surface area contributed by atoms with Crippen LogP contribution in [0.3, 0.4) is 0 Å². The van der Waals surface area contributed by atoms with Crippen LogP contribution in [0.2, 0.25) is 0 Å². The Bertz CT molecular complexity index is 882. The van der Waals surface area contributed by atoms with Crippen molar-refractivity contribution in [2.75, 3.05) is 18.5 Å². The molecule has 0 saturated heterocycles. The number of aromatic nitrogens is 2. The predicted molar refractivity (Wildman–Crippen MR) is 113 cm³/mol. The maximum Gasteiger partial charge on any atom is 0.303 e. The van der Waals surface area contributed by atoms with Crippen LogP contribution in [0.4, 0.5) is 5.82 Å². The van der Waals surface area contributed by atoms with E-state index in [0.717, 1.165) is 16.0 Å². The predicted octanol–water partition coefficient (Wildman–Crippen LogP) is 2.96. The van der Waals surface area contributed by atoms with Crippen molar-refractivity contribution < 1.29 is 15.0 Å². The number of aliphatic carboxylic acids is 1. The molecule has 3 aromatic rings. The lowest BCUT2D eigenvalue weighted by molar-refractivity contribution is -0.137. The van der Waals surface area contributed by atoms with Crippen molar-refractivity contribution in [3.05, 3.63) is 52.7 Å². The van der Waals surface area contributed by atoms with Crippen molar-refractivity contribution in [2.45, 2.75) is 32.7 Å². The standard InChI is InChI=1S/C18H19N3O2S.C2H7NO/c1-12-10-14-17(19-11-13-6-3-2-4-7-13)20-15(21-18(14)24-12)8-5-9-16(22)23;3-1-2-4/h2-4,6-7,10H,5,8-9,11H2,1H3,(H,22,23)(H,19,20,21);4H,1-3H2. The maximum absolute atomic E-state index is 10.7. The third-order valence-electron chi connectivity index (χ3n) is 3.79. The van der Waals surface area contributed by atoms with Crippen LogP contribution in [-0.4, -0.2) is 39.3 Å². The van der Waals surface area contributed by atoms with Crippen LogP contribution in [-0.2, 0) is 17.8 Å². The first-order chi connectivity index (χ1) is 13.5. The van der Waals surface area contributed by atoms with Crippen LogP contribution in [0.5, 0.6) is 0 Å². The summed E-state index contributed by atoms with van der Waals surface area (Å²) >= 11 is 1.63. The zero-order valence-corrected chi connectivity index (χ0v) is 16.7. The molecule has 0 aliphatic heterocycles. The third kappa shape index (κ3) is 6.88. The number of thiophene rings is 1. The molecule has 28 heavy (non-hydrogen) atoms. The summed E-state index contributed by atoms with van der Waals surface area (Å²) in [6, 6.07) is 12.2. The molecule has 0 saturated carbocycles. The van der Waals surface area contributed by atoms with Gasteiger partial charge in [-0.1, -0.05) is 30.3 Å². The van der Waals surface area contributed by atoms with Crippen LogP contribution in [0.15, 0.2) is 36.4 Å². The van der Waals surface area contributed by atoms with E-state index < -0.39 is 5.97 Å². The van der Waals surface area contributed by atoms with Crippen molar-refractivity contribution in [3.63, 3.8) is 0 Å². The van der Waals surface area contributed by atoms with Crippen LogP contribution in [0.1, 0.15) is 29.1 Å². The number of carboxylic acid groups (broad SMARTS) is 1. The minimum atomic E-state index is -0.787. The van der Waals surface area contributed by atoms with Gasteiger partial charge >= 0.3 is 5.97 Å². The Morgan fingerprint density at radius 3 is 2.61 bits per heavy atom. The largest absolute Gasteiger partial charge is 0.481 e. The quantitative estimate of drug-likeness (QED) is 0.457. The van der Waals surface area contributed by atoms with Gasteiger partial charge in [-0.2, -0.15) is 0 Å². The SMILES string of the molecule is Cc1cc2c(NCc3ccccc3)nc(CCCC(=O)O)nc2s1.NCCO. The number of aliphatic hydroxyl groups is 1. The minimum Gasteiger partial charge on any atom is -0.481 e. The second-order valence-electron chi connectivity index (χ2n) is 6.16. The van der Waals surface area contributed by atoms with Gasteiger partial charge in [-0.3, -0.25) is 4.79 Å². The highest BCUT2D eigenvalue weighted by molar-refractivity contribution is 7.18. The fourth-order valence-corrected chi connectivity index (χ4v) is 3.41. The van der Waals surface area contributed by atoms with Crippen molar-refractivity contribution in [1.82, 2.24) is 9.97 Å². The first-order valence-corrected chi connectivity index (χ1v) is 9.92. The van der Waals surface area contributed by atoms with Crippen LogP contribution in [0.25, 0.3) is 10.2 Å². The maximum atomic E-state index is 10.7. The second-order valence-corrected chi connectivity index (χ2v) is 7.40. The number of carboxylic acids is 1. The van der Waals surface area contributed by atoms with Crippen LogP contribution in [0, 0.1) is 6.92 Å². The Balaban J connectivity index is 0.000000640. The molecule has 8 heteroatoms. The summed E-state index contributed by atoms with van der Waals surface area (Å²) in [5, 5.41) is 20.9. The first kappa shape index (κ1) is 21.7. The van der Waals surface area contributed by atoms with Gasteiger partial charge in [-0.05, 0) is 25.0 Å². The van der Waals surface area contributed by atoms with Crippen molar-refractivity contribution in [3.8, 4) is 0 Å². The highest BCUT2D eigenvalue weighted by Crippen LogP contribution is 2.29. The molecule has 0 spiro atoms. The molecular formula is C20H26N4O3S. The Kier molecular flexibility index (Phi) is 8.80. The summed E-state index contributed by atoms with van der Waals surface area (Å²) in [5.41, 5.74) is 5.96. The van der Waals surface area contributed by atoms with Gasteiger partial charge < -0.3 is 21.3 Å². The van der Waals surface area contributed by atoms with Gasteiger partial charge in [0, 0.05) is 30.8 Å². The van der Waals surface area contributed by atoms with Gasteiger partial charge in [0.15, 0.2) is 0 Å². The molecule has 2 heterocycles. The first-order valence-electron chi connectivity index (χ1n) is 9.11. The number of carbonyl (C=O) groups is 1. The molecule has 5 N–H and O–H groups in total. The molecule has 1 aromatic carbocycles. The number of benzene rings is 1. The van der Waals surface area contributed by atoms with Gasteiger partial charge in [0.05, 0.1) is 12.0 Å². The Hall–Kier alpha value is -2.55. The summed E-state index contributed by atoms with van der Waals surface area (Å²) in [5.74, 6) is 0.727. The fourth-order valence-electron chi connectivity index (χ4n) is 2.51. The summed E-state index contributed by atoms with van der Waals surface area (Å²) < 4.78 is 0. The molecule has 0 bridgehead atoms. The fraction of sp³-hybridized carbons (Fsp3) is 0.350. The number of aliphatic hydroxyl groups excluding tert-OH is 1. The number of hydrogen-bond donors (Lipinski definition) is 4. The lowest BCUT2D eigenvalue weighted by atomic mass is 10.2. The average molecular weight is 403 g/mol. The normalized spacial score (nSPS) is 10.4. The Labute approximate surface area is 168 Å². The lowest BCUT2D eigenvalue weighted by Crippen LogP contribution is -2.05. The molecule has 0 unspecified atom stereocenters. The molecule has 0 aliphatic carbocycles. The van der Waals surface area contributed by atoms with E-state index in [1.54, 1.807) is 11.3 Å². The Morgan fingerprint density at radius 1 is 1.25 bits per heavy atom. The number of fused-ring (bicyclic) bond motifs is 1. The number of nitrogens with zero attached hydrogens (tertiary/aromatic N) is 2. The van der Waals surface area contributed by atoms with E-state index in [4.69, 9.17) is 15.9 Å². The number of rotatable bonds is 8. The zero-order valence-electron chi connectivity index (χ0n) is 15.9. The lowest BCUT2D eigenvalue weighted by Gasteiger charge is -2.09. The number of hydrogen-bond acceptors (Lipinski definition) is 7. The zero-order chi connectivity index (χ0) is 20.4. The van der Waals surface area contributed by atoms with E-state index in [9.17, 15) is 4.79 Å². The molecule has 0 aliphatic rings. The smallest absolute Gasteiger partial charge is 0.303 e. The van der Waals surface area contributed by atoms with Crippen LogP contribution < -0.4 is 11.1 Å². The molecule has 2 aromatic heterocycles. The average Bonchev–Trinajstić information content (AvgIpc) is 3.07. The van der Waals surface area contributed by atoms with E-state index in [2.05, 4.69) is 40.4 Å². The van der Waals surface area contributed by atoms with Crippen molar-refractivity contribution in [2.24, 2.45) is 5.73 Å². The molecule has 0 amide bonds. The van der Waals surface area contributed by atoms with E-state index in [1.807, 2.05) is 18.2 Å². The topological polar surface area (TPSA) is 121 Å². The van der Waals surface area contributed by atoms with Gasteiger partial charge in [0.1, 0.15) is 16.5 Å². The highest BCUT2D eigenvalue weighted by atomic mass is 32.1. The van der Waals surface area contributed by atoms with Crippen LogP contribution >= 0.6 is 11.3 Å². The molecule has 3 rings (SSSR count). The Morgan fingerprint density at radius 2 is 1.96 bits per heavy atom. The van der Waals surface area contributed by atoms with Gasteiger partial charge in [0.2, 0.25) is 0 Å². The number of aryl methyl sites for hydroxylation is 2. The molecule has 0 atom stereocenters. The summed E-state index contributed by atoms with van der Waals surface area (Å²) in [6.45, 7) is 3.22. The van der Waals surface area contributed by atoms with E-state index in [-0.39, 0.29) is 13.0 Å².